The molecule has 0 saturated heterocycles. The van der Waals surface area contributed by atoms with Gasteiger partial charge in [-0.15, -0.1) is 5.10 Å². The van der Waals surface area contributed by atoms with Crippen LogP contribution in [0.5, 0.6) is 0 Å². The molecule has 1 amide bonds. The maximum absolute atomic E-state index is 11.8. The molecule has 1 aliphatic rings. The highest BCUT2D eigenvalue weighted by atomic mass is 79.9. The average Bonchev–Trinajstić information content (AvgIpc) is 2.88. The summed E-state index contributed by atoms with van der Waals surface area (Å²) >= 11 is 4.62. The van der Waals surface area contributed by atoms with E-state index in [2.05, 4.69) is 41.4 Å². The molecule has 2 aromatic rings. The Labute approximate surface area is 109 Å². The molecule has 2 aromatic heterocycles. The first-order valence-electron chi connectivity index (χ1n) is 5.07. The zero-order valence-electron chi connectivity index (χ0n) is 8.61. The van der Waals surface area contributed by atoms with Crippen LogP contribution < -0.4 is 5.32 Å². The van der Waals surface area contributed by atoms with Gasteiger partial charge in [-0.05, 0) is 28.8 Å². The molecule has 88 valence electrons. The van der Waals surface area contributed by atoms with Crippen LogP contribution in [-0.4, -0.2) is 26.1 Å². The summed E-state index contributed by atoms with van der Waals surface area (Å²) < 4.78 is 0.862. The predicted octanol–water partition coefficient (Wildman–Crippen LogP) is 2.15. The number of carbonyl (C=O) groups excluding carboxylic acids is 1. The molecule has 0 unspecified atom stereocenters. The number of carbonyl (C=O) groups is 1. The summed E-state index contributed by atoms with van der Waals surface area (Å²) in [6.45, 7) is 0. The van der Waals surface area contributed by atoms with Crippen LogP contribution in [-0.2, 0) is 0 Å². The smallest absolute Gasteiger partial charge is 0.295 e. The zero-order chi connectivity index (χ0) is 11.8. The Bertz CT molecular complexity index is 561. The van der Waals surface area contributed by atoms with Gasteiger partial charge in [-0.3, -0.25) is 15.2 Å². The monoisotopic (exact) mass is 313 g/mol. The van der Waals surface area contributed by atoms with E-state index in [1.54, 1.807) is 6.20 Å². The maximum Gasteiger partial charge on any atom is 0.297 e. The number of aromatic nitrogens is 4. The zero-order valence-corrected chi connectivity index (χ0v) is 11.0. The van der Waals surface area contributed by atoms with Gasteiger partial charge in [0.05, 0.1) is 9.98 Å². The van der Waals surface area contributed by atoms with Crippen LogP contribution in [0.4, 0.5) is 5.13 Å². The van der Waals surface area contributed by atoms with E-state index in [0.29, 0.717) is 11.0 Å². The maximum atomic E-state index is 11.8. The predicted molar refractivity (Wildman–Crippen MR) is 66.1 cm³/mol. The second-order valence-corrected chi connectivity index (χ2v) is 6.15. The fraction of sp³-hybridized carbons (Fsp3) is 0.333. The van der Waals surface area contributed by atoms with Crippen LogP contribution in [0.15, 0.2) is 9.98 Å². The van der Waals surface area contributed by atoms with Crippen molar-refractivity contribution in [1.29, 1.82) is 0 Å². The standard InChI is InChI=1S/C9H8BrN5OS/c10-5-3-11-9(17-5)13-8(16)7-12-6(14-15-7)4-1-2-4/h3-4H,1-2H2,(H,11,13,16)(H,12,14,15). The van der Waals surface area contributed by atoms with Crippen molar-refractivity contribution >= 4 is 38.3 Å². The highest BCUT2D eigenvalue weighted by Crippen LogP contribution is 2.37. The molecular weight excluding hydrogens is 306 g/mol. The molecule has 8 heteroatoms. The van der Waals surface area contributed by atoms with Crippen molar-refractivity contribution in [3.05, 3.63) is 21.6 Å². The lowest BCUT2D eigenvalue weighted by Gasteiger charge is -1.95. The van der Waals surface area contributed by atoms with E-state index < -0.39 is 0 Å². The number of amides is 1. The van der Waals surface area contributed by atoms with Crippen molar-refractivity contribution in [2.45, 2.75) is 18.8 Å². The minimum absolute atomic E-state index is 0.165. The third-order valence-electron chi connectivity index (χ3n) is 2.37. The Morgan fingerprint density at radius 2 is 2.41 bits per heavy atom. The van der Waals surface area contributed by atoms with Crippen molar-refractivity contribution in [1.82, 2.24) is 20.2 Å². The van der Waals surface area contributed by atoms with Gasteiger partial charge in [0.2, 0.25) is 5.82 Å². The first-order valence-corrected chi connectivity index (χ1v) is 6.68. The van der Waals surface area contributed by atoms with E-state index in [1.807, 2.05) is 0 Å². The SMILES string of the molecule is O=C(Nc1ncc(Br)s1)c1n[nH]c(C2CC2)n1. The van der Waals surface area contributed by atoms with Gasteiger partial charge >= 0.3 is 0 Å². The lowest BCUT2D eigenvalue weighted by molar-refractivity contribution is 0.101. The second-order valence-electron chi connectivity index (χ2n) is 3.74. The van der Waals surface area contributed by atoms with Crippen molar-refractivity contribution in [2.24, 2.45) is 0 Å². The minimum atomic E-state index is -0.338. The second kappa shape index (κ2) is 4.19. The molecule has 2 N–H and O–H groups in total. The molecule has 17 heavy (non-hydrogen) atoms. The number of nitrogens with one attached hydrogen (secondary N) is 2. The van der Waals surface area contributed by atoms with Gasteiger partial charge in [0.15, 0.2) is 5.13 Å². The summed E-state index contributed by atoms with van der Waals surface area (Å²) in [6, 6.07) is 0. The molecule has 0 aromatic carbocycles. The summed E-state index contributed by atoms with van der Waals surface area (Å²) in [7, 11) is 0. The van der Waals surface area contributed by atoms with Crippen LogP contribution in [0.2, 0.25) is 0 Å². The van der Waals surface area contributed by atoms with Crippen molar-refractivity contribution in [3.63, 3.8) is 0 Å². The lowest BCUT2D eigenvalue weighted by Crippen LogP contribution is -2.13. The number of rotatable bonds is 3. The van der Waals surface area contributed by atoms with Gasteiger partial charge in [0.25, 0.3) is 5.91 Å². The van der Waals surface area contributed by atoms with Gasteiger partial charge in [0, 0.05) is 5.92 Å². The number of hydrogen-bond donors (Lipinski definition) is 2. The Hall–Kier alpha value is -1.28. The van der Waals surface area contributed by atoms with Gasteiger partial charge in [-0.1, -0.05) is 11.3 Å². The highest BCUT2D eigenvalue weighted by molar-refractivity contribution is 9.11. The van der Waals surface area contributed by atoms with Crippen LogP contribution in [0.3, 0.4) is 0 Å². The highest BCUT2D eigenvalue weighted by Gasteiger charge is 2.28. The number of thiazole rings is 1. The Balaban J connectivity index is 1.72. The molecule has 1 aliphatic carbocycles. The van der Waals surface area contributed by atoms with Crippen molar-refractivity contribution in [2.75, 3.05) is 5.32 Å². The lowest BCUT2D eigenvalue weighted by atomic mass is 10.4. The van der Waals surface area contributed by atoms with Crippen molar-refractivity contribution in [3.8, 4) is 0 Å². The summed E-state index contributed by atoms with van der Waals surface area (Å²) in [5, 5.41) is 9.86. The minimum Gasteiger partial charge on any atom is -0.295 e. The first kappa shape index (κ1) is 10.8. The first-order chi connectivity index (χ1) is 8.22. The van der Waals surface area contributed by atoms with Gasteiger partial charge in [0.1, 0.15) is 5.82 Å². The molecular formula is C9H8BrN5OS. The van der Waals surface area contributed by atoms with Crippen LogP contribution in [0.1, 0.15) is 35.2 Å². The number of nitrogens with zero attached hydrogens (tertiary/aromatic N) is 3. The van der Waals surface area contributed by atoms with E-state index in [0.717, 1.165) is 22.5 Å². The summed E-state index contributed by atoms with van der Waals surface area (Å²) in [5.74, 6) is 1.08. The van der Waals surface area contributed by atoms with E-state index in [1.165, 1.54) is 11.3 Å². The molecule has 0 aliphatic heterocycles. The van der Waals surface area contributed by atoms with E-state index in [9.17, 15) is 4.79 Å². The van der Waals surface area contributed by atoms with E-state index >= 15 is 0 Å². The van der Waals surface area contributed by atoms with Gasteiger partial charge < -0.3 is 0 Å². The largest absolute Gasteiger partial charge is 0.297 e. The Morgan fingerprint density at radius 3 is 3.06 bits per heavy atom. The van der Waals surface area contributed by atoms with E-state index in [-0.39, 0.29) is 11.7 Å². The summed E-state index contributed by atoms with van der Waals surface area (Å²) in [5.41, 5.74) is 0. The fourth-order valence-corrected chi connectivity index (χ4v) is 2.48. The summed E-state index contributed by atoms with van der Waals surface area (Å²) in [4.78, 5) is 19.9. The van der Waals surface area contributed by atoms with Crippen LogP contribution >= 0.6 is 27.3 Å². The molecule has 0 atom stereocenters. The number of hydrogen-bond acceptors (Lipinski definition) is 5. The average molecular weight is 314 g/mol. The number of aromatic amines is 1. The Kier molecular flexibility index (Phi) is 2.67. The molecule has 1 saturated carbocycles. The Morgan fingerprint density at radius 1 is 1.59 bits per heavy atom. The third kappa shape index (κ3) is 2.37. The molecule has 3 rings (SSSR count). The normalized spacial score (nSPS) is 14.9. The topological polar surface area (TPSA) is 83.6 Å². The van der Waals surface area contributed by atoms with Crippen LogP contribution in [0, 0.1) is 0 Å². The van der Waals surface area contributed by atoms with E-state index in [4.69, 9.17) is 0 Å². The van der Waals surface area contributed by atoms with Crippen molar-refractivity contribution < 1.29 is 4.79 Å². The number of H-pyrrole nitrogens is 1. The van der Waals surface area contributed by atoms with Crippen LogP contribution in [0.25, 0.3) is 0 Å². The molecule has 0 spiro atoms. The van der Waals surface area contributed by atoms with Gasteiger partial charge in [-0.25, -0.2) is 9.97 Å². The fourth-order valence-electron chi connectivity index (χ4n) is 1.38. The molecule has 0 bridgehead atoms. The molecule has 1 fully saturated rings. The quantitative estimate of drug-likeness (QED) is 0.909. The molecule has 2 heterocycles. The third-order valence-corrected chi connectivity index (χ3v) is 3.76. The number of halogens is 1. The summed E-state index contributed by atoms with van der Waals surface area (Å²) in [6.07, 6.45) is 3.87. The molecule has 6 nitrogen and oxygen atoms in total. The van der Waals surface area contributed by atoms with Gasteiger partial charge in [-0.2, -0.15) is 0 Å². The number of anilines is 1. The molecule has 0 radical (unpaired) electrons.